The highest BCUT2D eigenvalue weighted by atomic mass is 15.4. The number of hydrogen-bond acceptors (Lipinski definition) is 4. The van der Waals surface area contributed by atoms with Crippen LogP contribution in [0.5, 0.6) is 0 Å². The largest absolute Gasteiger partial charge is 0.325 e. The fourth-order valence-electron chi connectivity index (χ4n) is 1.51. The van der Waals surface area contributed by atoms with Gasteiger partial charge in [0, 0.05) is 6.54 Å². The van der Waals surface area contributed by atoms with Crippen LogP contribution in [0, 0.1) is 18.3 Å². The van der Waals surface area contributed by atoms with Gasteiger partial charge in [-0.05, 0) is 24.6 Å². The van der Waals surface area contributed by atoms with Crippen molar-refractivity contribution in [3.8, 4) is 11.8 Å². The SMILES string of the molecule is Cc1ccc(C#N)cc1-n1nncc1CN. The van der Waals surface area contributed by atoms with Crippen molar-refractivity contribution in [1.82, 2.24) is 15.0 Å². The molecule has 0 aliphatic carbocycles. The molecule has 0 saturated heterocycles. The lowest BCUT2D eigenvalue weighted by Crippen LogP contribution is -2.08. The predicted octanol–water partition coefficient (Wildman–Crippen LogP) is 0.906. The second-order valence-corrected chi connectivity index (χ2v) is 3.45. The highest BCUT2D eigenvalue weighted by Crippen LogP contribution is 2.16. The minimum Gasteiger partial charge on any atom is -0.325 e. The summed E-state index contributed by atoms with van der Waals surface area (Å²) in [6, 6.07) is 7.54. The molecule has 2 N–H and O–H groups in total. The van der Waals surface area contributed by atoms with Crippen LogP contribution in [0.2, 0.25) is 0 Å². The Hall–Kier alpha value is -2.19. The number of benzene rings is 1. The fraction of sp³-hybridized carbons (Fsp3) is 0.182. The number of nitrogens with zero attached hydrogens (tertiary/aromatic N) is 4. The third kappa shape index (κ3) is 1.66. The van der Waals surface area contributed by atoms with Crippen molar-refractivity contribution in [2.75, 3.05) is 0 Å². The van der Waals surface area contributed by atoms with Crippen molar-refractivity contribution in [2.45, 2.75) is 13.5 Å². The van der Waals surface area contributed by atoms with E-state index in [1.807, 2.05) is 13.0 Å². The highest BCUT2D eigenvalue weighted by Gasteiger charge is 2.08. The first-order chi connectivity index (χ1) is 7.76. The summed E-state index contributed by atoms with van der Waals surface area (Å²) in [7, 11) is 0. The summed E-state index contributed by atoms with van der Waals surface area (Å²) in [5.41, 5.74) is 8.87. The van der Waals surface area contributed by atoms with Crippen LogP contribution >= 0.6 is 0 Å². The van der Waals surface area contributed by atoms with E-state index in [1.54, 1.807) is 23.0 Å². The molecule has 0 spiro atoms. The Morgan fingerprint density at radius 2 is 2.31 bits per heavy atom. The molecule has 1 aromatic heterocycles. The Kier molecular flexibility index (Phi) is 2.66. The van der Waals surface area contributed by atoms with Gasteiger partial charge in [-0.2, -0.15) is 5.26 Å². The minimum atomic E-state index is 0.364. The maximum Gasteiger partial charge on any atom is 0.0992 e. The molecule has 16 heavy (non-hydrogen) atoms. The summed E-state index contributed by atoms with van der Waals surface area (Å²) >= 11 is 0. The summed E-state index contributed by atoms with van der Waals surface area (Å²) in [4.78, 5) is 0. The van der Waals surface area contributed by atoms with Crippen molar-refractivity contribution < 1.29 is 0 Å². The quantitative estimate of drug-likeness (QED) is 0.803. The van der Waals surface area contributed by atoms with Gasteiger partial charge in [-0.15, -0.1) is 5.10 Å². The Morgan fingerprint density at radius 3 is 3.00 bits per heavy atom. The second kappa shape index (κ2) is 4.13. The maximum atomic E-state index is 8.86. The molecule has 0 bridgehead atoms. The molecule has 2 aromatic rings. The van der Waals surface area contributed by atoms with Gasteiger partial charge in [0.15, 0.2) is 0 Å². The van der Waals surface area contributed by atoms with E-state index >= 15 is 0 Å². The smallest absolute Gasteiger partial charge is 0.0992 e. The van der Waals surface area contributed by atoms with E-state index in [4.69, 9.17) is 11.0 Å². The molecule has 1 heterocycles. The van der Waals surface area contributed by atoms with Gasteiger partial charge >= 0.3 is 0 Å². The maximum absolute atomic E-state index is 8.86. The number of rotatable bonds is 2. The van der Waals surface area contributed by atoms with Gasteiger partial charge in [-0.3, -0.25) is 0 Å². The molecule has 5 heteroatoms. The van der Waals surface area contributed by atoms with Gasteiger partial charge in [0.1, 0.15) is 0 Å². The average molecular weight is 213 g/mol. The number of hydrogen-bond donors (Lipinski definition) is 1. The number of nitrogens with two attached hydrogens (primary N) is 1. The van der Waals surface area contributed by atoms with Crippen LogP contribution in [0.3, 0.4) is 0 Å². The Morgan fingerprint density at radius 1 is 1.50 bits per heavy atom. The van der Waals surface area contributed by atoms with Crippen molar-refractivity contribution in [1.29, 1.82) is 5.26 Å². The molecule has 5 nitrogen and oxygen atoms in total. The zero-order chi connectivity index (χ0) is 11.5. The van der Waals surface area contributed by atoms with E-state index < -0.39 is 0 Å². The third-order valence-electron chi connectivity index (χ3n) is 2.40. The first kappa shape index (κ1) is 10.3. The minimum absolute atomic E-state index is 0.364. The van der Waals surface area contributed by atoms with Gasteiger partial charge in [-0.1, -0.05) is 11.3 Å². The lowest BCUT2D eigenvalue weighted by molar-refractivity contribution is 0.757. The molecular formula is C11H11N5. The molecule has 0 saturated carbocycles. The molecule has 2 rings (SSSR count). The summed E-state index contributed by atoms with van der Waals surface area (Å²) in [6.07, 6.45) is 1.62. The lowest BCUT2D eigenvalue weighted by Gasteiger charge is -2.08. The third-order valence-corrected chi connectivity index (χ3v) is 2.40. The van der Waals surface area contributed by atoms with E-state index in [0.717, 1.165) is 16.9 Å². The van der Waals surface area contributed by atoms with Crippen LogP contribution in [0.4, 0.5) is 0 Å². The highest BCUT2D eigenvalue weighted by molar-refractivity contribution is 5.47. The van der Waals surface area contributed by atoms with Crippen LogP contribution in [-0.2, 0) is 6.54 Å². The molecular weight excluding hydrogens is 202 g/mol. The standard InChI is InChI=1S/C11H11N5/c1-8-2-3-9(5-12)4-11(8)16-10(6-13)7-14-15-16/h2-4,7H,6,13H2,1H3. The molecule has 1 aromatic carbocycles. The normalized spacial score (nSPS) is 10.1. The lowest BCUT2D eigenvalue weighted by atomic mass is 10.1. The van der Waals surface area contributed by atoms with Crippen LogP contribution in [0.15, 0.2) is 24.4 Å². The molecule has 0 amide bonds. The Balaban J connectivity index is 2.60. The number of nitriles is 1. The van der Waals surface area contributed by atoms with Gasteiger partial charge in [0.2, 0.25) is 0 Å². The van der Waals surface area contributed by atoms with Gasteiger partial charge in [0.25, 0.3) is 0 Å². The summed E-state index contributed by atoms with van der Waals surface area (Å²) in [5.74, 6) is 0. The topological polar surface area (TPSA) is 80.5 Å². The van der Waals surface area contributed by atoms with Crippen LogP contribution in [0.1, 0.15) is 16.8 Å². The van der Waals surface area contributed by atoms with E-state index in [0.29, 0.717) is 12.1 Å². The first-order valence-electron chi connectivity index (χ1n) is 4.87. The molecule has 0 unspecified atom stereocenters. The molecule has 0 aliphatic heterocycles. The van der Waals surface area contributed by atoms with Gasteiger partial charge in [0.05, 0.1) is 29.2 Å². The first-order valence-corrected chi connectivity index (χ1v) is 4.87. The van der Waals surface area contributed by atoms with Crippen LogP contribution in [0.25, 0.3) is 5.69 Å². The second-order valence-electron chi connectivity index (χ2n) is 3.45. The molecule has 0 fully saturated rings. The van der Waals surface area contributed by atoms with E-state index in [9.17, 15) is 0 Å². The summed E-state index contributed by atoms with van der Waals surface area (Å²) in [5, 5.41) is 16.6. The number of aryl methyl sites for hydroxylation is 1. The zero-order valence-corrected chi connectivity index (χ0v) is 8.88. The van der Waals surface area contributed by atoms with Gasteiger partial charge in [-0.25, -0.2) is 4.68 Å². The fourth-order valence-corrected chi connectivity index (χ4v) is 1.51. The van der Waals surface area contributed by atoms with Crippen molar-refractivity contribution in [2.24, 2.45) is 5.73 Å². The van der Waals surface area contributed by atoms with E-state index in [1.165, 1.54) is 0 Å². The van der Waals surface area contributed by atoms with E-state index in [-0.39, 0.29) is 0 Å². The molecule has 0 radical (unpaired) electrons. The van der Waals surface area contributed by atoms with E-state index in [2.05, 4.69) is 16.4 Å². The van der Waals surface area contributed by atoms with Crippen LogP contribution < -0.4 is 5.73 Å². The van der Waals surface area contributed by atoms with Crippen LogP contribution in [-0.4, -0.2) is 15.0 Å². The summed E-state index contributed by atoms with van der Waals surface area (Å²) < 4.78 is 1.66. The predicted molar refractivity (Wildman–Crippen MR) is 58.7 cm³/mol. The Bertz CT molecular complexity index is 550. The Labute approximate surface area is 93.1 Å². The number of aromatic nitrogens is 3. The zero-order valence-electron chi connectivity index (χ0n) is 8.88. The van der Waals surface area contributed by atoms with Gasteiger partial charge < -0.3 is 5.73 Å². The average Bonchev–Trinajstić information content (AvgIpc) is 2.77. The van der Waals surface area contributed by atoms with Crippen molar-refractivity contribution in [3.05, 3.63) is 41.2 Å². The molecule has 80 valence electrons. The monoisotopic (exact) mass is 213 g/mol. The molecule has 0 atom stereocenters. The van der Waals surface area contributed by atoms with Crippen molar-refractivity contribution in [3.63, 3.8) is 0 Å². The van der Waals surface area contributed by atoms with Crippen molar-refractivity contribution >= 4 is 0 Å². The molecule has 0 aliphatic rings. The summed E-state index contributed by atoms with van der Waals surface area (Å²) in [6.45, 7) is 2.32.